The van der Waals surface area contributed by atoms with Crippen LogP contribution in [0.25, 0.3) is 6.08 Å². The average Bonchev–Trinajstić information content (AvgIpc) is 3.83. The molecule has 2 aliphatic rings. The number of hydrogen-bond acceptors (Lipinski definition) is 15. The molecule has 2 N–H and O–H groups in total. The highest BCUT2D eigenvalue weighted by Crippen LogP contribution is 2.43. The van der Waals surface area contributed by atoms with Gasteiger partial charge in [0, 0.05) is 30.5 Å². The van der Waals surface area contributed by atoms with Gasteiger partial charge in [0.15, 0.2) is 22.3 Å². The van der Waals surface area contributed by atoms with Gasteiger partial charge in [-0.3, -0.25) is 24.1 Å². The number of amides is 2. The molecule has 0 radical (unpaired) electrons. The molecule has 15 nitrogen and oxygen atoms in total. The van der Waals surface area contributed by atoms with Crippen LogP contribution in [0.1, 0.15) is 47.4 Å². The Morgan fingerprint density at radius 1 is 0.797 bits per heavy atom. The Labute approximate surface area is 405 Å². The molecular weight excluding hydrogens is 919 g/mol. The number of fused-ring (bicyclic) bond motifs is 1. The maximum Gasteiger partial charge on any atom is 0.355 e. The van der Waals surface area contributed by atoms with Crippen LogP contribution in [0, 0.1) is 0 Å². The normalized spacial score (nSPS) is 15.7. The number of nitrogens with one attached hydrogen (secondary N) is 2. The van der Waals surface area contributed by atoms with Gasteiger partial charge in [-0.1, -0.05) is 133 Å². The molecule has 5 aromatic carbocycles. The molecule has 69 heavy (non-hydrogen) atoms. The topological polar surface area (TPSA) is 184 Å². The maximum atomic E-state index is 14.2. The van der Waals surface area contributed by atoms with Crippen molar-refractivity contribution in [1.29, 1.82) is 0 Å². The van der Waals surface area contributed by atoms with Crippen molar-refractivity contribution in [3.8, 4) is 17.2 Å². The SMILES string of the molecule is CO/N=C(\C(=O)N[C@@H]1C(=O)N2C(C(=O)OCc3ccc(OC)cc3)=C(/C=C/c3cccc(OC(C)=O)c3OC(C)=O)CS[C@H]12)c1csc(NC(c2ccccc2)(c2ccccc2)c2ccccc2)n1. The second kappa shape index (κ2) is 21.3. The third kappa shape index (κ3) is 10.3. The van der Waals surface area contributed by atoms with Crippen molar-refractivity contribution < 1.29 is 47.8 Å². The Morgan fingerprint density at radius 2 is 1.42 bits per heavy atom. The van der Waals surface area contributed by atoms with Crippen molar-refractivity contribution in [2.24, 2.45) is 5.16 Å². The summed E-state index contributed by atoms with van der Waals surface area (Å²) in [7, 11) is 2.85. The standard InChI is InChI=1S/C52H45N5O10S2/c1-32(58)66-42-22-14-15-35(46(42)67-33(2)59)25-26-36-30-68-49-44(48(61)57(49)45(36)50(62)65-29-34-23-27-40(63-3)28-24-34)54-47(60)43(56-64-4)41-31-69-51(53-41)55-52(37-16-8-5-9-17-37,38-18-10-6-11-19-38)39-20-12-7-13-21-39/h5-28,31,44,49H,29-30H2,1-4H3,(H,53,55)(H,54,60)/b26-25+,56-43-/t44-,49-/m1/s1. The van der Waals surface area contributed by atoms with E-state index in [1.807, 2.05) is 91.0 Å². The lowest BCUT2D eigenvalue weighted by molar-refractivity contribution is -0.153. The van der Waals surface area contributed by atoms with Gasteiger partial charge in [0.05, 0.1) is 7.11 Å². The first-order valence-corrected chi connectivity index (χ1v) is 23.4. The number of carbonyl (C=O) groups excluding carboxylic acids is 5. The predicted octanol–water partition coefficient (Wildman–Crippen LogP) is 7.87. The summed E-state index contributed by atoms with van der Waals surface area (Å²) in [5.41, 5.74) is 3.40. The van der Waals surface area contributed by atoms with E-state index in [1.54, 1.807) is 61.0 Å². The van der Waals surface area contributed by atoms with E-state index in [9.17, 15) is 24.0 Å². The van der Waals surface area contributed by atoms with Crippen LogP contribution in [0.3, 0.4) is 0 Å². The van der Waals surface area contributed by atoms with Gasteiger partial charge in [0.25, 0.3) is 11.8 Å². The van der Waals surface area contributed by atoms with Gasteiger partial charge < -0.3 is 34.4 Å². The second-order valence-electron chi connectivity index (χ2n) is 15.5. The number of benzene rings is 5. The first-order chi connectivity index (χ1) is 33.5. The summed E-state index contributed by atoms with van der Waals surface area (Å²) in [6.45, 7) is 2.32. The number of β-lactam (4-membered cyclic amide) rings is 1. The summed E-state index contributed by atoms with van der Waals surface area (Å²) >= 11 is 2.58. The molecule has 2 amide bonds. The third-order valence-electron chi connectivity index (χ3n) is 11.0. The number of carbonyl (C=O) groups is 5. The number of esters is 3. The van der Waals surface area contributed by atoms with Crippen molar-refractivity contribution >= 4 is 69.7 Å². The number of methoxy groups -OCH3 is 1. The Hall–Kier alpha value is -8.02. The molecule has 0 aliphatic carbocycles. The Kier molecular flexibility index (Phi) is 14.7. The number of hydrogen-bond donors (Lipinski definition) is 2. The quantitative estimate of drug-likeness (QED) is 0.0225. The molecule has 1 saturated heterocycles. The molecule has 0 spiro atoms. The van der Waals surface area contributed by atoms with E-state index in [2.05, 4.69) is 15.8 Å². The van der Waals surface area contributed by atoms with E-state index in [0.717, 1.165) is 16.7 Å². The summed E-state index contributed by atoms with van der Waals surface area (Å²) < 4.78 is 21.8. The van der Waals surface area contributed by atoms with Gasteiger partial charge in [-0.2, -0.15) is 0 Å². The lowest BCUT2D eigenvalue weighted by Gasteiger charge is -2.49. The zero-order valence-corrected chi connectivity index (χ0v) is 39.4. The first-order valence-electron chi connectivity index (χ1n) is 21.5. The minimum absolute atomic E-state index is 0.00993. The van der Waals surface area contributed by atoms with Crippen LogP contribution in [0.5, 0.6) is 17.2 Å². The summed E-state index contributed by atoms with van der Waals surface area (Å²) in [5.74, 6) is -2.53. The molecule has 3 heterocycles. The molecule has 1 aromatic heterocycles. The molecule has 2 aliphatic heterocycles. The Morgan fingerprint density at radius 3 is 2.00 bits per heavy atom. The number of anilines is 1. The van der Waals surface area contributed by atoms with Crippen LogP contribution >= 0.6 is 23.1 Å². The summed E-state index contributed by atoms with van der Waals surface area (Å²) in [6.07, 6.45) is 3.18. The fourth-order valence-corrected chi connectivity index (χ4v) is 10.00. The van der Waals surface area contributed by atoms with Crippen LogP contribution in [-0.4, -0.2) is 76.7 Å². The van der Waals surface area contributed by atoms with Gasteiger partial charge in [0.2, 0.25) is 0 Å². The lowest BCUT2D eigenvalue weighted by atomic mass is 9.77. The number of aromatic nitrogens is 1. The third-order valence-corrected chi connectivity index (χ3v) is 13.1. The summed E-state index contributed by atoms with van der Waals surface area (Å²) in [5, 5.41) is 12.0. The zero-order chi connectivity index (χ0) is 48.5. The summed E-state index contributed by atoms with van der Waals surface area (Å²) in [4.78, 5) is 77.8. The number of thioether (sulfide) groups is 1. The van der Waals surface area contributed by atoms with Crippen molar-refractivity contribution in [2.75, 3.05) is 25.3 Å². The van der Waals surface area contributed by atoms with E-state index in [0.29, 0.717) is 27.6 Å². The van der Waals surface area contributed by atoms with Crippen LogP contribution in [0.2, 0.25) is 0 Å². The first kappa shape index (κ1) is 47.5. The summed E-state index contributed by atoms with van der Waals surface area (Å²) in [6, 6.07) is 40.6. The highest BCUT2D eigenvalue weighted by Gasteiger charge is 2.54. The molecular formula is C52H45N5O10S2. The molecule has 0 saturated carbocycles. The van der Waals surface area contributed by atoms with Crippen LogP contribution in [0.4, 0.5) is 5.13 Å². The minimum Gasteiger partial charge on any atom is -0.497 e. The number of allylic oxidation sites excluding steroid dienone is 1. The van der Waals surface area contributed by atoms with Crippen molar-refractivity contribution in [1.82, 2.24) is 15.2 Å². The molecule has 350 valence electrons. The van der Waals surface area contributed by atoms with E-state index in [1.165, 1.54) is 55.0 Å². The molecule has 0 bridgehead atoms. The van der Waals surface area contributed by atoms with Crippen LogP contribution in [-0.2, 0) is 45.7 Å². The Balaban J connectivity index is 1.07. The van der Waals surface area contributed by atoms with E-state index in [4.69, 9.17) is 28.8 Å². The molecule has 2 atom stereocenters. The van der Waals surface area contributed by atoms with Crippen LogP contribution < -0.4 is 24.8 Å². The predicted molar refractivity (Wildman–Crippen MR) is 261 cm³/mol. The van der Waals surface area contributed by atoms with E-state index in [-0.39, 0.29) is 41.0 Å². The van der Waals surface area contributed by atoms with Gasteiger partial charge in [-0.25, -0.2) is 9.78 Å². The molecule has 8 rings (SSSR count). The second-order valence-corrected chi connectivity index (χ2v) is 17.5. The smallest absolute Gasteiger partial charge is 0.355 e. The number of ether oxygens (including phenoxy) is 4. The highest BCUT2D eigenvalue weighted by atomic mass is 32.2. The average molecular weight is 964 g/mol. The molecule has 1 fully saturated rings. The van der Waals surface area contributed by atoms with Gasteiger partial charge in [-0.15, -0.1) is 23.1 Å². The maximum absolute atomic E-state index is 14.2. The molecule has 6 aromatic rings. The van der Waals surface area contributed by atoms with E-state index >= 15 is 0 Å². The van der Waals surface area contributed by atoms with Crippen molar-refractivity contribution in [3.05, 3.63) is 190 Å². The fourth-order valence-electron chi connectivity index (χ4n) is 7.93. The highest BCUT2D eigenvalue weighted by molar-refractivity contribution is 8.00. The van der Waals surface area contributed by atoms with Crippen LogP contribution in [0.15, 0.2) is 161 Å². The molecule has 0 unspecified atom stereocenters. The van der Waals surface area contributed by atoms with Gasteiger partial charge >= 0.3 is 17.9 Å². The fraction of sp³-hybridized carbons (Fsp3) is 0.173. The van der Waals surface area contributed by atoms with Gasteiger partial charge in [0.1, 0.15) is 47.8 Å². The lowest BCUT2D eigenvalue weighted by Crippen LogP contribution is -2.71. The van der Waals surface area contributed by atoms with Crippen molar-refractivity contribution in [3.63, 3.8) is 0 Å². The number of nitrogens with zero attached hydrogens (tertiary/aromatic N) is 3. The van der Waals surface area contributed by atoms with Crippen molar-refractivity contribution in [2.45, 2.75) is 37.4 Å². The van der Waals surface area contributed by atoms with Gasteiger partial charge in [-0.05, 0) is 46.0 Å². The number of oxime groups is 1. The monoisotopic (exact) mass is 963 g/mol. The number of thiazole rings is 1. The number of rotatable bonds is 17. The number of para-hydroxylation sites is 1. The zero-order valence-electron chi connectivity index (χ0n) is 37.7. The van der Waals surface area contributed by atoms with E-state index < -0.39 is 46.7 Å². The largest absolute Gasteiger partial charge is 0.497 e. The Bertz CT molecular complexity index is 2860. The minimum atomic E-state index is -1.08. The molecule has 17 heteroatoms.